The van der Waals surface area contributed by atoms with Crippen LogP contribution in [0.4, 0.5) is 4.79 Å². The average molecular weight is 353 g/mol. The monoisotopic (exact) mass is 353 g/mol. The van der Waals surface area contributed by atoms with Gasteiger partial charge >= 0.3 is 6.03 Å². The summed E-state index contributed by atoms with van der Waals surface area (Å²) in [7, 11) is 0. The quantitative estimate of drug-likeness (QED) is 0.682. The number of aromatic nitrogens is 3. The summed E-state index contributed by atoms with van der Waals surface area (Å²) >= 11 is 1.22. The molecule has 0 aromatic carbocycles. The third-order valence-corrected chi connectivity index (χ3v) is 5.45. The normalized spacial score (nSPS) is 23.7. The molecule has 0 unspecified atom stereocenters. The Morgan fingerprint density at radius 3 is 2.88 bits per heavy atom. The number of carbonyl (C=O) groups is 2. The van der Waals surface area contributed by atoms with Crippen molar-refractivity contribution < 1.29 is 9.59 Å². The van der Waals surface area contributed by atoms with E-state index in [4.69, 9.17) is 0 Å². The van der Waals surface area contributed by atoms with E-state index < -0.39 is 6.03 Å². The summed E-state index contributed by atoms with van der Waals surface area (Å²) in [5.74, 6) is 1.62. The fourth-order valence-corrected chi connectivity index (χ4v) is 3.59. The second-order valence-corrected chi connectivity index (χ2v) is 7.44. The molecule has 1 aliphatic rings. The Balaban J connectivity index is 1.72. The van der Waals surface area contributed by atoms with Crippen LogP contribution < -0.4 is 10.6 Å². The number of rotatable bonds is 6. The predicted octanol–water partition coefficient (Wildman–Crippen LogP) is 2.50. The first kappa shape index (κ1) is 18.8. The van der Waals surface area contributed by atoms with E-state index >= 15 is 0 Å². The maximum Gasteiger partial charge on any atom is 0.321 e. The Hall–Kier alpha value is -1.57. The number of urea groups is 1. The van der Waals surface area contributed by atoms with Gasteiger partial charge in [0.25, 0.3) is 0 Å². The zero-order valence-corrected chi connectivity index (χ0v) is 15.4. The van der Waals surface area contributed by atoms with Crippen LogP contribution in [-0.2, 0) is 11.2 Å². The number of aromatic amines is 1. The molecule has 3 N–H and O–H groups in total. The number of nitrogens with one attached hydrogen (secondary N) is 3. The first-order valence-electron chi connectivity index (χ1n) is 8.64. The van der Waals surface area contributed by atoms with Gasteiger partial charge in [0.1, 0.15) is 5.82 Å². The number of aryl methyl sites for hydroxylation is 1. The van der Waals surface area contributed by atoms with Gasteiger partial charge in [0.15, 0.2) is 0 Å². The lowest BCUT2D eigenvalue weighted by Gasteiger charge is -2.34. The Morgan fingerprint density at radius 2 is 2.12 bits per heavy atom. The minimum Gasteiger partial charge on any atom is -0.335 e. The summed E-state index contributed by atoms with van der Waals surface area (Å²) in [4.78, 5) is 28.2. The van der Waals surface area contributed by atoms with Crippen LogP contribution in [0.1, 0.15) is 52.3 Å². The Morgan fingerprint density at radius 1 is 1.33 bits per heavy atom. The fraction of sp³-hybridized carbons (Fsp3) is 0.750. The number of carbonyl (C=O) groups excluding carboxylic acids is 2. The van der Waals surface area contributed by atoms with Crippen LogP contribution >= 0.6 is 11.8 Å². The van der Waals surface area contributed by atoms with Crippen molar-refractivity contribution in [1.29, 1.82) is 0 Å². The highest BCUT2D eigenvalue weighted by Gasteiger charge is 2.28. The number of hydrogen-bond donors (Lipinski definition) is 3. The van der Waals surface area contributed by atoms with Crippen molar-refractivity contribution in [3.05, 3.63) is 5.82 Å². The van der Waals surface area contributed by atoms with E-state index in [0.29, 0.717) is 17.0 Å². The number of amides is 3. The van der Waals surface area contributed by atoms with E-state index in [0.717, 1.165) is 31.5 Å². The first-order valence-corrected chi connectivity index (χ1v) is 9.62. The molecule has 134 valence electrons. The first-order chi connectivity index (χ1) is 11.5. The van der Waals surface area contributed by atoms with Gasteiger partial charge in [0.2, 0.25) is 11.1 Å². The number of hydrogen-bond acceptors (Lipinski definition) is 5. The lowest BCUT2D eigenvalue weighted by atomic mass is 9.78. The lowest BCUT2D eigenvalue weighted by molar-refractivity contribution is -0.117. The van der Waals surface area contributed by atoms with E-state index in [-0.39, 0.29) is 17.7 Å². The van der Waals surface area contributed by atoms with Crippen molar-refractivity contribution >= 4 is 23.7 Å². The molecule has 1 aliphatic carbocycles. The van der Waals surface area contributed by atoms with Crippen molar-refractivity contribution in [3.63, 3.8) is 0 Å². The summed E-state index contributed by atoms with van der Waals surface area (Å²) in [6.07, 6.45) is 5.11. The summed E-state index contributed by atoms with van der Waals surface area (Å²) in [6.45, 7) is 6.43. The van der Waals surface area contributed by atoms with Crippen LogP contribution in [0.25, 0.3) is 0 Å². The molecule has 1 saturated carbocycles. The second kappa shape index (κ2) is 9.05. The molecule has 0 aliphatic heterocycles. The van der Waals surface area contributed by atoms with E-state index in [1.165, 1.54) is 18.2 Å². The zero-order chi connectivity index (χ0) is 17.5. The molecular weight excluding hydrogens is 326 g/mol. The maximum absolute atomic E-state index is 12.0. The molecule has 1 aromatic heterocycles. The molecule has 0 bridgehead atoms. The van der Waals surface area contributed by atoms with Crippen LogP contribution in [0, 0.1) is 11.8 Å². The molecule has 24 heavy (non-hydrogen) atoms. The molecule has 0 saturated heterocycles. The molecule has 1 fully saturated rings. The molecule has 7 nitrogen and oxygen atoms in total. The highest BCUT2D eigenvalue weighted by Crippen LogP contribution is 2.29. The molecule has 0 radical (unpaired) electrons. The Kier molecular flexibility index (Phi) is 7.08. The molecule has 3 amide bonds. The number of imide groups is 1. The standard InChI is InChI=1S/C16H27N5O2S/c1-4-6-13-18-16(21-20-13)24-9-14(22)19-15(23)17-12-8-5-7-10(2)11(12)3/h10-12H,4-9H2,1-3H3,(H,18,20,21)(H2,17,19,22,23)/t10-,11-,12-/m1/s1. The third-order valence-electron chi connectivity index (χ3n) is 4.61. The number of nitrogens with zero attached hydrogens (tertiary/aromatic N) is 2. The Bertz CT molecular complexity index is 562. The van der Waals surface area contributed by atoms with Crippen LogP contribution in [-0.4, -0.2) is 38.9 Å². The third kappa shape index (κ3) is 5.51. The highest BCUT2D eigenvalue weighted by molar-refractivity contribution is 7.99. The van der Waals surface area contributed by atoms with Gasteiger partial charge in [0.05, 0.1) is 5.75 Å². The van der Waals surface area contributed by atoms with Gasteiger partial charge in [-0.15, -0.1) is 5.10 Å². The van der Waals surface area contributed by atoms with Crippen LogP contribution in [0.15, 0.2) is 5.16 Å². The smallest absolute Gasteiger partial charge is 0.321 e. The van der Waals surface area contributed by atoms with Gasteiger partial charge < -0.3 is 5.32 Å². The Labute approximate surface area is 147 Å². The minimum absolute atomic E-state index is 0.119. The van der Waals surface area contributed by atoms with Gasteiger partial charge in [-0.2, -0.15) is 0 Å². The molecule has 0 spiro atoms. The van der Waals surface area contributed by atoms with Gasteiger partial charge in [-0.05, 0) is 24.7 Å². The SMILES string of the molecule is CCCc1nc(SCC(=O)NC(=O)N[C@@H]2CCC[C@@H](C)[C@H]2C)n[nH]1. The summed E-state index contributed by atoms with van der Waals surface area (Å²) < 4.78 is 0. The molecular formula is C16H27N5O2S. The second-order valence-electron chi connectivity index (χ2n) is 6.50. The topological polar surface area (TPSA) is 99.8 Å². The maximum atomic E-state index is 12.0. The molecule has 1 heterocycles. The minimum atomic E-state index is -0.409. The zero-order valence-electron chi connectivity index (χ0n) is 14.6. The van der Waals surface area contributed by atoms with Crippen LogP contribution in [0.5, 0.6) is 0 Å². The van der Waals surface area contributed by atoms with Gasteiger partial charge in [-0.25, -0.2) is 9.78 Å². The summed E-state index contributed by atoms with van der Waals surface area (Å²) in [5, 5.41) is 12.7. The summed E-state index contributed by atoms with van der Waals surface area (Å²) in [5.41, 5.74) is 0. The van der Waals surface area contributed by atoms with E-state index in [1.54, 1.807) is 0 Å². The number of H-pyrrole nitrogens is 1. The van der Waals surface area contributed by atoms with Crippen molar-refractivity contribution in [2.75, 3.05) is 5.75 Å². The van der Waals surface area contributed by atoms with E-state index in [2.05, 4.69) is 46.6 Å². The van der Waals surface area contributed by atoms with E-state index in [9.17, 15) is 9.59 Å². The predicted molar refractivity (Wildman–Crippen MR) is 93.7 cm³/mol. The van der Waals surface area contributed by atoms with E-state index in [1.807, 2.05) is 0 Å². The van der Waals surface area contributed by atoms with Crippen LogP contribution in [0.2, 0.25) is 0 Å². The molecule has 3 atom stereocenters. The molecule has 8 heteroatoms. The fourth-order valence-electron chi connectivity index (χ4n) is 2.97. The van der Waals surface area contributed by atoms with Crippen molar-refractivity contribution in [2.24, 2.45) is 11.8 Å². The van der Waals surface area contributed by atoms with Gasteiger partial charge in [-0.3, -0.25) is 15.2 Å². The van der Waals surface area contributed by atoms with Crippen molar-refractivity contribution in [2.45, 2.75) is 64.1 Å². The largest absolute Gasteiger partial charge is 0.335 e. The van der Waals surface area contributed by atoms with Crippen LogP contribution in [0.3, 0.4) is 0 Å². The highest BCUT2D eigenvalue weighted by atomic mass is 32.2. The molecule has 1 aromatic rings. The molecule has 2 rings (SSSR count). The van der Waals surface area contributed by atoms with Crippen molar-refractivity contribution in [1.82, 2.24) is 25.8 Å². The average Bonchev–Trinajstić information content (AvgIpc) is 2.98. The summed E-state index contributed by atoms with van der Waals surface area (Å²) in [6, 6.07) is -0.271. The van der Waals surface area contributed by atoms with Gasteiger partial charge in [-0.1, -0.05) is 45.4 Å². The van der Waals surface area contributed by atoms with Crippen molar-refractivity contribution in [3.8, 4) is 0 Å². The lowest BCUT2D eigenvalue weighted by Crippen LogP contribution is -2.49. The number of thioether (sulfide) groups is 1. The van der Waals surface area contributed by atoms with Gasteiger partial charge in [0, 0.05) is 12.5 Å².